The summed E-state index contributed by atoms with van der Waals surface area (Å²) in [5.74, 6) is -0.830. The topological polar surface area (TPSA) is 105 Å². The summed E-state index contributed by atoms with van der Waals surface area (Å²) in [6.45, 7) is 1.57. The number of benzene rings is 2. The number of rotatable bonds is 6. The third kappa shape index (κ3) is 3.92. The van der Waals surface area contributed by atoms with Crippen LogP contribution in [0.15, 0.2) is 48.5 Å². The number of nitrogens with two attached hydrogens (primary N) is 1. The van der Waals surface area contributed by atoms with Gasteiger partial charge in [-0.25, -0.2) is 0 Å². The molecule has 2 aliphatic rings. The van der Waals surface area contributed by atoms with Crippen LogP contribution in [0, 0.1) is 0 Å². The van der Waals surface area contributed by atoms with Crippen LogP contribution in [0.4, 0.5) is 0 Å². The lowest BCUT2D eigenvalue weighted by atomic mass is 10.0. The maximum absolute atomic E-state index is 12.9. The van der Waals surface area contributed by atoms with Crippen molar-refractivity contribution in [2.45, 2.75) is 38.0 Å². The summed E-state index contributed by atoms with van der Waals surface area (Å²) in [5, 5.41) is 5.71. The Labute approximate surface area is 169 Å². The number of nitrogens with one attached hydrogen (secondary N) is 2. The van der Waals surface area contributed by atoms with Crippen LogP contribution in [0.2, 0.25) is 0 Å². The fraction of sp³-hybridized carbons (Fsp3) is 0.318. The van der Waals surface area contributed by atoms with Gasteiger partial charge < -0.3 is 16.0 Å². The van der Waals surface area contributed by atoms with Gasteiger partial charge in [0.2, 0.25) is 11.8 Å². The Morgan fingerprint density at radius 2 is 1.90 bits per heavy atom. The second kappa shape index (κ2) is 8.14. The average molecular weight is 392 g/mol. The van der Waals surface area contributed by atoms with Crippen LogP contribution in [0.25, 0.3) is 0 Å². The Morgan fingerprint density at radius 3 is 2.66 bits per heavy atom. The number of carbonyl (C=O) groups excluding carboxylic acids is 3. The van der Waals surface area contributed by atoms with Gasteiger partial charge in [0.05, 0.1) is 0 Å². The molecule has 2 atom stereocenters. The molecule has 2 aromatic rings. The van der Waals surface area contributed by atoms with Gasteiger partial charge in [0.25, 0.3) is 5.91 Å². The summed E-state index contributed by atoms with van der Waals surface area (Å²) in [6.07, 6.45) is 0.617. The van der Waals surface area contributed by atoms with E-state index in [-0.39, 0.29) is 24.3 Å². The molecule has 0 aliphatic carbocycles. The molecule has 2 heterocycles. The number of fused-ring (bicyclic) bond motifs is 1. The molecule has 2 aliphatic heterocycles. The molecule has 150 valence electrons. The fourth-order valence-corrected chi connectivity index (χ4v) is 4.00. The van der Waals surface area contributed by atoms with E-state index in [0.29, 0.717) is 31.6 Å². The minimum atomic E-state index is -0.597. The molecule has 4 rings (SSSR count). The fourth-order valence-electron chi connectivity index (χ4n) is 4.00. The minimum Gasteiger partial charge on any atom is -0.323 e. The van der Waals surface area contributed by atoms with Crippen molar-refractivity contribution in [3.05, 3.63) is 70.8 Å². The van der Waals surface area contributed by atoms with Gasteiger partial charge in [-0.05, 0) is 29.2 Å². The van der Waals surface area contributed by atoms with Crippen molar-refractivity contribution in [1.29, 1.82) is 0 Å². The number of piperidine rings is 1. The molecule has 0 aromatic heterocycles. The van der Waals surface area contributed by atoms with Gasteiger partial charge in [0, 0.05) is 37.7 Å². The second-order valence-corrected chi connectivity index (χ2v) is 7.49. The predicted octanol–water partition coefficient (Wildman–Crippen LogP) is 1.24. The number of imide groups is 1. The highest BCUT2D eigenvalue weighted by Crippen LogP contribution is 2.29. The molecule has 0 radical (unpaired) electrons. The van der Waals surface area contributed by atoms with Gasteiger partial charge in [-0.3, -0.25) is 19.7 Å². The number of hydrogen-bond acceptors (Lipinski definition) is 5. The van der Waals surface area contributed by atoms with Crippen LogP contribution in [0.5, 0.6) is 0 Å². The molecule has 3 amide bonds. The van der Waals surface area contributed by atoms with Crippen molar-refractivity contribution in [1.82, 2.24) is 15.5 Å². The van der Waals surface area contributed by atoms with E-state index in [1.165, 1.54) is 0 Å². The lowest BCUT2D eigenvalue weighted by Gasteiger charge is -2.29. The Kier molecular flexibility index (Phi) is 5.42. The molecule has 1 saturated heterocycles. The third-order valence-electron chi connectivity index (χ3n) is 5.59. The standard InChI is InChI=1S/C22H24N4O3/c23-18(14-5-2-1-3-6-14)12-24-11-15-7-4-8-16-17(15)13-26(22(16)29)19-9-10-20(27)25-21(19)28/h1-8,18-19,24H,9-13,23H2,(H,25,27,28)/t18-,19?/m0/s1. The van der Waals surface area contributed by atoms with Crippen LogP contribution in [-0.4, -0.2) is 35.2 Å². The van der Waals surface area contributed by atoms with E-state index < -0.39 is 11.9 Å². The van der Waals surface area contributed by atoms with E-state index in [0.717, 1.165) is 16.7 Å². The largest absolute Gasteiger partial charge is 0.323 e. The average Bonchev–Trinajstić information content (AvgIpc) is 3.06. The first-order chi connectivity index (χ1) is 14.0. The highest BCUT2D eigenvalue weighted by Gasteiger charge is 2.39. The van der Waals surface area contributed by atoms with Crippen molar-refractivity contribution in [2.75, 3.05) is 6.54 Å². The lowest BCUT2D eigenvalue weighted by molar-refractivity contribution is -0.136. The summed E-state index contributed by atoms with van der Waals surface area (Å²) < 4.78 is 0. The maximum atomic E-state index is 12.9. The first-order valence-corrected chi connectivity index (χ1v) is 9.81. The van der Waals surface area contributed by atoms with Crippen molar-refractivity contribution in [3.8, 4) is 0 Å². The summed E-state index contributed by atoms with van der Waals surface area (Å²) in [7, 11) is 0. The highest BCUT2D eigenvalue weighted by atomic mass is 16.2. The molecule has 2 aromatic carbocycles. The monoisotopic (exact) mass is 392 g/mol. The zero-order valence-electron chi connectivity index (χ0n) is 16.1. The highest BCUT2D eigenvalue weighted by molar-refractivity contribution is 6.05. The van der Waals surface area contributed by atoms with Crippen molar-refractivity contribution < 1.29 is 14.4 Å². The first kappa shape index (κ1) is 19.3. The van der Waals surface area contributed by atoms with E-state index in [4.69, 9.17) is 5.73 Å². The molecule has 0 spiro atoms. The molecule has 29 heavy (non-hydrogen) atoms. The lowest BCUT2D eigenvalue weighted by Crippen LogP contribution is -2.52. The summed E-state index contributed by atoms with van der Waals surface area (Å²) in [5.41, 5.74) is 9.89. The number of amides is 3. The minimum absolute atomic E-state index is 0.116. The molecular formula is C22H24N4O3. The Balaban J connectivity index is 1.43. The molecule has 0 bridgehead atoms. The Bertz CT molecular complexity index is 944. The number of carbonyl (C=O) groups is 3. The van der Waals surface area contributed by atoms with Gasteiger partial charge in [-0.1, -0.05) is 42.5 Å². The predicted molar refractivity (Wildman–Crippen MR) is 108 cm³/mol. The van der Waals surface area contributed by atoms with Crippen LogP contribution in [-0.2, 0) is 22.7 Å². The van der Waals surface area contributed by atoms with Crippen LogP contribution in [0.1, 0.15) is 45.9 Å². The first-order valence-electron chi connectivity index (χ1n) is 9.81. The van der Waals surface area contributed by atoms with E-state index in [2.05, 4.69) is 10.6 Å². The smallest absolute Gasteiger partial charge is 0.255 e. The van der Waals surface area contributed by atoms with Crippen molar-refractivity contribution in [3.63, 3.8) is 0 Å². The summed E-state index contributed by atoms with van der Waals surface area (Å²) in [4.78, 5) is 38.1. The zero-order chi connectivity index (χ0) is 20.4. The van der Waals surface area contributed by atoms with E-state index >= 15 is 0 Å². The molecule has 7 nitrogen and oxygen atoms in total. The van der Waals surface area contributed by atoms with E-state index in [1.54, 1.807) is 11.0 Å². The van der Waals surface area contributed by atoms with E-state index in [1.807, 2.05) is 42.5 Å². The van der Waals surface area contributed by atoms with Gasteiger partial charge in [-0.2, -0.15) is 0 Å². The van der Waals surface area contributed by atoms with Gasteiger partial charge >= 0.3 is 0 Å². The summed E-state index contributed by atoms with van der Waals surface area (Å²) >= 11 is 0. The molecule has 1 fully saturated rings. The van der Waals surface area contributed by atoms with Crippen LogP contribution < -0.4 is 16.4 Å². The van der Waals surface area contributed by atoms with Crippen molar-refractivity contribution >= 4 is 17.7 Å². The molecule has 0 saturated carbocycles. The van der Waals surface area contributed by atoms with Gasteiger partial charge in [-0.15, -0.1) is 0 Å². The quantitative estimate of drug-likeness (QED) is 0.642. The molecule has 1 unspecified atom stereocenters. The van der Waals surface area contributed by atoms with Gasteiger partial charge in [0.15, 0.2) is 0 Å². The van der Waals surface area contributed by atoms with Crippen molar-refractivity contribution in [2.24, 2.45) is 5.73 Å². The molecule has 4 N–H and O–H groups in total. The Hall–Kier alpha value is -3.03. The maximum Gasteiger partial charge on any atom is 0.255 e. The zero-order valence-corrected chi connectivity index (χ0v) is 16.1. The third-order valence-corrected chi connectivity index (χ3v) is 5.59. The van der Waals surface area contributed by atoms with E-state index in [9.17, 15) is 14.4 Å². The SMILES string of the molecule is N[C@@H](CNCc1cccc2c1CN(C1CCC(=O)NC1=O)C2=O)c1ccccc1. The molecule has 7 heteroatoms. The number of nitrogens with zero attached hydrogens (tertiary/aromatic N) is 1. The molecular weight excluding hydrogens is 368 g/mol. The second-order valence-electron chi connectivity index (χ2n) is 7.49. The number of hydrogen-bond donors (Lipinski definition) is 3. The van der Waals surface area contributed by atoms with Gasteiger partial charge in [0.1, 0.15) is 6.04 Å². The summed E-state index contributed by atoms with van der Waals surface area (Å²) in [6, 6.07) is 14.8. The van der Waals surface area contributed by atoms with Crippen LogP contribution >= 0.6 is 0 Å². The Morgan fingerprint density at radius 1 is 1.10 bits per heavy atom. The van der Waals surface area contributed by atoms with Crippen LogP contribution in [0.3, 0.4) is 0 Å². The normalized spacial score (nSPS) is 19.8.